The summed E-state index contributed by atoms with van der Waals surface area (Å²) in [6, 6.07) is 7.21. The highest BCUT2D eigenvalue weighted by atomic mass is 19.4. The number of alkyl halides is 3. The smallest absolute Gasteiger partial charge is 0.328 e. The first-order valence-corrected chi connectivity index (χ1v) is 6.91. The van der Waals surface area contributed by atoms with Crippen molar-refractivity contribution in [1.29, 1.82) is 0 Å². The number of para-hydroxylation sites is 2. The van der Waals surface area contributed by atoms with Gasteiger partial charge in [-0.1, -0.05) is 12.1 Å². The number of aryl methyl sites for hydroxylation is 1. The number of hydrazine groups is 1. The fraction of sp³-hybridized carbons (Fsp3) is 0.500. The third-order valence-electron chi connectivity index (χ3n) is 3.49. The van der Waals surface area contributed by atoms with Gasteiger partial charge in [-0.2, -0.15) is 13.2 Å². The van der Waals surface area contributed by atoms with E-state index in [4.69, 9.17) is 5.84 Å². The molecule has 0 spiro atoms. The van der Waals surface area contributed by atoms with E-state index in [1.165, 1.54) is 0 Å². The third-order valence-corrected chi connectivity index (χ3v) is 3.49. The minimum Gasteiger partial charge on any atom is -0.328 e. The van der Waals surface area contributed by atoms with Crippen LogP contribution in [-0.2, 0) is 13.0 Å². The monoisotopic (exact) mass is 300 g/mol. The highest BCUT2D eigenvalue weighted by Crippen LogP contribution is 2.23. The van der Waals surface area contributed by atoms with E-state index in [0.717, 1.165) is 16.9 Å². The summed E-state index contributed by atoms with van der Waals surface area (Å²) < 4.78 is 39.0. The number of rotatable bonds is 6. The van der Waals surface area contributed by atoms with Gasteiger partial charge in [-0.15, -0.1) is 0 Å². The van der Waals surface area contributed by atoms with Crippen LogP contribution >= 0.6 is 0 Å². The van der Waals surface area contributed by atoms with E-state index in [1.54, 1.807) is 0 Å². The summed E-state index contributed by atoms with van der Waals surface area (Å²) in [7, 11) is 0. The second kappa shape index (κ2) is 6.44. The number of nitrogens with one attached hydrogen (secondary N) is 1. The standard InChI is InChI=1S/C14H19F3N4/c1-2-21-12-6-4-3-5-11(12)19-13(21)9-10(20-18)7-8-14(15,16)17/h3-6,10,20H,2,7-9,18H2,1H3. The Morgan fingerprint density at radius 1 is 1.33 bits per heavy atom. The molecule has 0 fully saturated rings. The van der Waals surface area contributed by atoms with Gasteiger partial charge in [-0.05, 0) is 25.5 Å². The molecule has 0 amide bonds. The quantitative estimate of drug-likeness (QED) is 0.637. The molecule has 4 nitrogen and oxygen atoms in total. The zero-order valence-electron chi connectivity index (χ0n) is 11.8. The van der Waals surface area contributed by atoms with Crippen LogP contribution in [0.25, 0.3) is 11.0 Å². The van der Waals surface area contributed by atoms with E-state index in [0.29, 0.717) is 13.0 Å². The molecule has 0 bridgehead atoms. The first-order valence-electron chi connectivity index (χ1n) is 6.91. The summed E-state index contributed by atoms with van der Waals surface area (Å²) in [6.07, 6.45) is -4.71. The normalized spacial score (nSPS) is 13.8. The second-order valence-electron chi connectivity index (χ2n) is 4.98. The highest BCUT2D eigenvalue weighted by molar-refractivity contribution is 5.75. The van der Waals surface area contributed by atoms with Crippen LogP contribution in [0.2, 0.25) is 0 Å². The van der Waals surface area contributed by atoms with Gasteiger partial charge in [0.1, 0.15) is 5.82 Å². The van der Waals surface area contributed by atoms with E-state index in [9.17, 15) is 13.2 Å². The average molecular weight is 300 g/mol. The molecule has 0 aliphatic carbocycles. The van der Waals surface area contributed by atoms with Gasteiger partial charge in [0.2, 0.25) is 0 Å². The van der Waals surface area contributed by atoms with Crippen molar-refractivity contribution in [1.82, 2.24) is 15.0 Å². The van der Waals surface area contributed by atoms with Gasteiger partial charge in [0.25, 0.3) is 0 Å². The first kappa shape index (κ1) is 15.8. The molecule has 0 saturated heterocycles. The molecular formula is C14H19F3N4. The number of hydrogen-bond donors (Lipinski definition) is 2. The fourth-order valence-electron chi connectivity index (χ4n) is 2.44. The maximum Gasteiger partial charge on any atom is 0.389 e. The predicted molar refractivity (Wildman–Crippen MR) is 75.5 cm³/mol. The SMILES string of the molecule is CCn1c(CC(CCC(F)(F)F)NN)nc2ccccc21. The van der Waals surface area contributed by atoms with Crippen molar-refractivity contribution in [2.45, 2.75) is 44.9 Å². The van der Waals surface area contributed by atoms with Crippen molar-refractivity contribution in [2.75, 3.05) is 0 Å². The number of benzene rings is 1. The van der Waals surface area contributed by atoms with Crippen LogP contribution in [-0.4, -0.2) is 21.8 Å². The molecule has 0 radical (unpaired) electrons. The molecule has 1 aromatic heterocycles. The van der Waals surface area contributed by atoms with Gasteiger partial charge in [0.05, 0.1) is 11.0 Å². The number of aromatic nitrogens is 2. The number of hydrogen-bond acceptors (Lipinski definition) is 3. The number of imidazole rings is 1. The summed E-state index contributed by atoms with van der Waals surface area (Å²) in [4.78, 5) is 4.50. The number of nitrogens with zero attached hydrogens (tertiary/aromatic N) is 2. The van der Waals surface area contributed by atoms with Crippen LogP contribution in [0.4, 0.5) is 13.2 Å². The molecule has 0 aliphatic rings. The molecule has 1 atom stereocenters. The lowest BCUT2D eigenvalue weighted by atomic mass is 10.1. The fourth-order valence-corrected chi connectivity index (χ4v) is 2.44. The molecule has 0 saturated carbocycles. The van der Waals surface area contributed by atoms with Crippen LogP contribution in [0.5, 0.6) is 0 Å². The summed E-state index contributed by atoms with van der Waals surface area (Å²) in [6.45, 7) is 2.70. The van der Waals surface area contributed by atoms with Gasteiger partial charge in [-0.25, -0.2) is 4.98 Å². The Labute approximate surface area is 121 Å². The van der Waals surface area contributed by atoms with E-state index >= 15 is 0 Å². The Hall–Kier alpha value is -1.60. The van der Waals surface area contributed by atoms with Gasteiger partial charge in [-0.3, -0.25) is 11.3 Å². The average Bonchev–Trinajstić information content (AvgIpc) is 2.79. The lowest BCUT2D eigenvalue weighted by Crippen LogP contribution is -2.38. The van der Waals surface area contributed by atoms with Crippen molar-refractivity contribution >= 4 is 11.0 Å². The number of fused-ring (bicyclic) bond motifs is 1. The molecule has 2 aromatic rings. The minimum absolute atomic E-state index is 0.0626. The van der Waals surface area contributed by atoms with E-state index in [1.807, 2.05) is 35.8 Å². The summed E-state index contributed by atoms with van der Waals surface area (Å²) in [5.74, 6) is 6.13. The molecule has 7 heteroatoms. The molecule has 1 aromatic carbocycles. The van der Waals surface area contributed by atoms with Gasteiger partial charge < -0.3 is 4.57 Å². The van der Waals surface area contributed by atoms with Crippen LogP contribution in [0.3, 0.4) is 0 Å². The second-order valence-corrected chi connectivity index (χ2v) is 4.98. The van der Waals surface area contributed by atoms with E-state index < -0.39 is 18.6 Å². The van der Waals surface area contributed by atoms with E-state index in [2.05, 4.69) is 10.4 Å². The van der Waals surface area contributed by atoms with Crippen molar-refractivity contribution in [2.24, 2.45) is 5.84 Å². The molecule has 116 valence electrons. The molecule has 21 heavy (non-hydrogen) atoms. The summed E-state index contributed by atoms with van der Waals surface area (Å²) in [5, 5.41) is 0. The van der Waals surface area contributed by atoms with Crippen molar-refractivity contribution < 1.29 is 13.2 Å². The molecule has 0 aliphatic heterocycles. The Morgan fingerprint density at radius 2 is 2.05 bits per heavy atom. The number of halogens is 3. The lowest BCUT2D eigenvalue weighted by Gasteiger charge is -2.17. The molecule has 3 N–H and O–H groups in total. The van der Waals surface area contributed by atoms with Crippen molar-refractivity contribution in [3.8, 4) is 0 Å². The lowest BCUT2D eigenvalue weighted by molar-refractivity contribution is -0.136. The first-order chi connectivity index (χ1) is 9.94. The summed E-state index contributed by atoms with van der Waals surface area (Å²) in [5.41, 5.74) is 4.30. The van der Waals surface area contributed by atoms with Crippen LogP contribution in [0, 0.1) is 0 Å². The van der Waals surface area contributed by atoms with Gasteiger partial charge >= 0.3 is 6.18 Å². The maximum absolute atomic E-state index is 12.3. The van der Waals surface area contributed by atoms with Crippen molar-refractivity contribution in [3.63, 3.8) is 0 Å². The predicted octanol–water partition coefficient (Wildman–Crippen LogP) is 2.77. The highest BCUT2D eigenvalue weighted by Gasteiger charge is 2.28. The van der Waals surface area contributed by atoms with E-state index in [-0.39, 0.29) is 6.42 Å². The molecular weight excluding hydrogens is 281 g/mol. The van der Waals surface area contributed by atoms with Crippen LogP contribution in [0.15, 0.2) is 24.3 Å². The van der Waals surface area contributed by atoms with Crippen LogP contribution in [0.1, 0.15) is 25.6 Å². The maximum atomic E-state index is 12.3. The zero-order chi connectivity index (χ0) is 15.5. The van der Waals surface area contributed by atoms with Crippen LogP contribution < -0.4 is 11.3 Å². The third kappa shape index (κ3) is 3.95. The van der Waals surface area contributed by atoms with Crippen molar-refractivity contribution in [3.05, 3.63) is 30.1 Å². The van der Waals surface area contributed by atoms with Gasteiger partial charge in [0.15, 0.2) is 0 Å². The summed E-state index contributed by atoms with van der Waals surface area (Å²) >= 11 is 0. The topological polar surface area (TPSA) is 55.9 Å². The molecule has 1 heterocycles. The Kier molecular flexibility index (Phi) is 4.84. The Balaban J connectivity index is 2.17. The number of nitrogens with two attached hydrogens (primary N) is 1. The molecule has 1 unspecified atom stereocenters. The molecule has 2 rings (SSSR count). The minimum atomic E-state index is -4.17. The Bertz CT molecular complexity index is 591. The zero-order valence-corrected chi connectivity index (χ0v) is 11.8. The Morgan fingerprint density at radius 3 is 2.67 bits per heavy atom. The van der Waals surface area contributed by atoms with Gasteiger partial charge in [0, 0.05) is 25.4 Å². The largest absolute Gasteiger partial charge is 0.389 e.